The molecule has 2 rings (SSSR count). The van der Waals surface area contributed by atoms with Gasteiger partial charge in [0.25, 0.3) is 5.91 Å². The molecule has 5 nitrogen and oxygen atoms in total. The smallest absolute Gasteiger partial charge is 0.322 e. The quantitative estimate of drug-likeness (QED) is 0.839. The first-order valence-electron chi connectivity index (χ1n) is 8.48. The van der Waals surface area contributed by atoms with Crippen LogP contribution >= 0.6 is 0 Å². The fourth-order valence-electron chi connectivity index (χ4n) is 2.47. The molecule has 0 aromatic heterocycles. The summed E-state index contributed by atoms with van der Waals surface area (Å²) in [6, 6.07) is 16.8. The fraction of sp³-hybridized carbons (Fsp3) is 0.300. The van der Waals surface area contributed by atoms with Crippen molar-refractivity contribution < 1.29 is 9.59 Å². The van der Waals surface area contributed by atoms with Crippen molar-refractivity contribution in [3.05, 3.63) is 65.7 Å². The van der Waals surface area contributed by atoms with Gasteiger partial charge < -0.3 is 15.5 Å². The molecule has 25 heavy (non-hydrogen) atoms. The van der Waals surface area contributed by atoms with Crippen molar-refractivity contribution in [3.8, 4) is 0 Å². The van der Waals surface area contributed by atoms with Gasteiger partial charge in [0, 0.05) is 30.9 Å². The van der Waals surface area contributed by atoms with Gasteiger partial charge in [0.2, 0.25) is 0 Å². The number of carbonyl (C=O) groups is 2. The molecule has 2 aromatic carbocycles. The number of nitrogens with zero attached hydrogens (tertiary/aromatic N) is 1. The van der Waals surface area contributed by atoms with E-state index in [9.17, 15) is 9.59 Å². The minimum absolute atomic E-state index is 0.116. The normalized spacial score (nSPS) is 11.5. The number of hydrogen-bond donors (Lipinski definition) is 2. The van der Waals surface area contributed by atoms with Crippen LogP contribution in [0, 0.1) is 0 Å². The summed E-state index contributed by atoms with van der Waals surface area (Å²) in [5, 5.41) is 5.49. The summed E-state index contributed by atoms with van der Waals surface area (Å²) < 4.78 is 0. The fourth-order valence-corrected chi connectivity index (χ4v) is 2.47. The van der Waals surface area contributed by atoms with Crippen LogP contribution in [0.1, 0.15) is 36.2 Å². The number of rotatable bonds is 6. The van der Waals surface area contributed by atoms with Crippen LogP contribution in [0.15, 0.2) is 54.6 Å². The molecule has 0 saturated carbocycles. The number of amides is 3. The Morgan fingerprint density at radius 1 is 1.04 bits per heavy atom. The summed E-state index contributed by atoms with van der Waals surface area (Å²) in [6.45, 7) is 4.66. The zero-order valence-electron chi connectivity index (χ0n) is 15.0. The lowest BCUT2D eigenvalue weighted by atomic mass is 10.1. The molecule has 0 radical (unpaired) electrons. The van der Waals surface area contributed by atoms with Crippen molar-refractivity contribution in [2.45, 2.75) is 32.9 Å². The Hall–Kier alpha value is -2.82. The SMILES string of the molecule is CCC(C)N(Cc1ccccc1)C(=O)Nc1ccc(C(=O)NC)cc1. The third kappa shape index (κ3) is 5.08. The minimum Gasteiger partial charge on any atom is -0.355 e. The lowest BCUT2D eigenvalue weighted by molar-refractivity contribution is 0.0963. The van der Waals surface area contributed by atoms with Gasteiger partial charge in [0.1, 0.15) is 0 Å². The highest BCUT2D eigenvalue weighted by Gasteiger charge is 2.19. The maximum atomic E-state index is 12.7. The summed E-state index contributed by atoms with van der Waals surface area (Å²) in [5.41, 5.74) is 2.32. The molecule has 2 N–H and O–H groups in total. The second-order valence-electron chi connectivity index (χ2n) is 5.96. The van der Waals surface area contributed by atoms with Gasteiger partial charge in [-0.1, -0.05) is 37.3 Å². The van der Waals surface area contributed by atoms with E-state index >= 15 is 0 Å². The average Bonchev–Trinajstić information content (AvgIpc) is 2.66. The third-order valence-corrected chi connectivity index (χ3v) is 4.20. The van der Waals surface area contributed by atoms with Crippen LogP contribution in [0.2, 0.25) is 0 Å². The van der Waals surface area contributed by atoms with Gasteiger partial charge in [-0.2, -0.15) is 0 Å². The van der Waals surface area contributed by atoms with Crippen LogP contribution < -0.4 is 10.6 Å². The van der Waals surface area contributed by atoms with Gasteiger partial charge in [-0.25, -0.2) is 4.79 Å². The van der Waals surface area contributed by atoms with Crippen molar-refractivity contribution in [3.63, 3.8) is 0 Å². The highest BCUT2D eigenvalue weighted by atomic mass is 16.2. The van der Waals surface area contributed by atoms with E-state index in [-0.39, 0.29) is 18.0 Å². The highest BCUT2D eigenvalue weighted by molar-refractivity contribution is 5.95. The van der Waals surface area contributed by atoms with Gasteiger partial charge in [-0.3, -0.25) is 4.79 Å². The summed E-state index contributed by atoms with van der Waals surface area (Å²) >= 11 is 0. The average molecular weight is 339 g/mol. The molecular weight excluding hydrogens is 314 g/mol. The summed E-state index contributed by atoms with van der Waals surface area (Å²) in [6.07, 6.45) is 0.871. The molecule has 0 aliphatic heterocycles. The molecule has 0 bridgehead atoms. The predicted octanol–water partition coefficient (Wildman–Crippen LogP) is 3.88. The monoisotopic (exact) mass is 339 g/mol. The number of nitrogens with one attached hydrogen (secondary N) is 2. The van der Waals surface area contributed by atoms with E-state index < -0.39 is 0 Å². The summed E-state index contributed by atoms with van der Waals surface area (Å²) in [4.78, 5) is 26.1. The highest BCUT2D eigenvalue weighted by Crippen LogP contribution is 2.15. The van der Waals surface area contributed by atoms with Gasteiger partial charge in [-0.15, -0.1) is 0 Å². The predicted molar refractivity (Wildman–Crippen MR) is 101 cm³/mol. The van der Waals surface area contributed by atoms with E-state index in [1.165, 1.54) is 0 Å². The van der Waals surface area contributed by atoms with Crippen molar-refractivity contribution in [1.29, 1.82) is 0 Å². The molecule has 1 unspecified atom stereocenters. The van der Waals surface area contributed by atoms with Crippen molar-refractivity contribution in [1.82, 2.24) is 10.2 Å². The van der Waals surface area contributed by atoms with E-state index in [2.05, 4.69) is 17.6 Å². The molecule has 3 amide bonds. The third-order valence-electron chi connectivity index (χ3n) is 4.20. The Labute approximate surface area is 149 Å². The Bertz CT molecular complexity index is 699. The molecule has 5 heteroatoms. The largest absolute Gasteiger partial charge is 0.355 e. The van der Waals surface area contributed by atoms with Crippen LogP contribution in [0.4, 0.5) is 10.5 Å². The Balaban J connectivity index is 2.09. The second kappa shape index (κ2) is 8.87. The first kappa shape index (κ1) is 18.5. The molecule has 0 aliphatic rings. The molecule has 0 aliphatic carbocycles. The maximum Gasteiger partial charge on any atom is 0.322 e. The van der Waals surface area contributed by atoms with Gasteiger partial charge in [0.05, 0.1) is 0 Å². The minimum atomic E-state index is -0.150. The standard InChI is InChI=1S/C20H25N3O2/c1-4-15(2)23(14-16-8-6-5-7-9-16)20(25)22-18-12-10-17(11-13-18)19(24)21-3/h5-13,15H,4,14H2,1-3H3,(H,21,24)(H,22,25). The van der Waals surface area contributed by atoms with Gasteiger partial charge in [-0.05, 0) is 43.2 Å². The molecular formula is C20H25N3O2. The summed E-state index contributed by atoms with van der Waals surface area (Å²) in [5.74, 6) is -0.150. The molecule has 1 atom stereocenters. The molecule has 132 valence electrons. The van der Waals surface area contributed by atoms with Crippen LogP contribution in [-0.2, 0) is 6.54 Å². The Morgan fingerprint density at radius 3 is 2.24 bits per heavy atom. The van der Waals surface area contributed by atoms with E-state index in [1.807, 2.05) is 42.2 Å². The van der Waals surface area contributed by atoms with Crippen LogP contribution in [0.5, 0.6) is 0 Å². The van der Waals surface area contributed by atoms with Gasteiger partial charge in [0.15, 0.2) is 0 Å². The molecule has 0 fully saturated rings. The number of carbonyl (C=O) groups excluding carboxylic acids is 2. The first-order chi connectivity index (χ1) is 12.0. The first-order valence-corrected chi connectivity index (χ1v) is 8.48. The van der Waals surface area contributed by atoms with Crippen molar-refractivity contribution in [2.24, 2.45) is 0 Å². The van der Waals surface area contributed by atoms with Gasteiger partial charge >= 0.3 is 6.03 Å². The molecule has 0 heterocycles. The number of anilines is 1. The molecule has 2 aromatic rings. The molecule has 0 saturated heterocycles. The van der Waals surface area contributed by atoms with Crippen molar-refractivity contribution >= 4 is 17.6 Å². The lowest BCUT2D eigenvalue weighted by Gasteiger charge is -2.29. The zero-order chi connectivity index (χ0) is 18.2. The van der Waals surface area contributed by atoms with E-state index in [4.69, 9.17) is 0 Å². The maximum absolute atomic E-state index is 12.7. The number of urea groups is 1. The Kier molecular flexibility index (Phi) is 6.57. The number of hydrogen-bond acceptors (Lipinski definition) is 2. The topological polar surface area (TPSA) is 61.4 Å². The van der Waals surface area contributed by atoms with Crippen LogP contribution in [-0.4, -0.2) is 29.9 Å². The van der Waals surface area contributed by atoms with Crippen LogP contribution in [0.3, 0.4) is 0 Å². The zero-order valence-corrected chi connectivity index (χ0v) is 15.0. The van der Waals surface area contributed by atoms with E-state index in [0.717, 1.165) is 12.0 Å². The lowest BCUT2D eigenvalue weighted by Crippen LogP contribution is -2.40. The second-order valence-corrected chi connectivity index (χ2v) is 5.96. The van der Waals surface area contributed by atoms with E-state index in [0.29, 0.717) is 17.8 Å². The van der Waals surface area contributed by atoms with E-state index in [1.54, 1.807) is 31.3 Å². The Morgan fingerprint density at radius 2 is 1.68 bits per heavy atom. The summed E-state index contributed by atoms with van der Waals surface area (Å²) in [7, 11) is 1.59. The van der Waals surface area contributed by atoms with Crippen LogP contribution in [0.25, 0.3) is 0 Å². The van der Waals surface area contributed by atoms with Crippen molar-refractivity contribution in [2.75, 3.05) is 12.4 Å². The number of benzene rings is 2. The molecule has 0 spiro atoms.